The van der Waals surface area contributed by atoms with Gasteiger partial charge in [-0.2, -0.15) is 0 Å². The van der Waals surface area contributed by atoms with Crippen LogP contribution in [0.15, 0.2) is 35.4 Å². The Hall–Kier alpha value is -1.27. The van der Waals surface area contributed by atoms with Crippen molar-refractivity contribution < 1.29 is 20.1 Å². The van der Waals surface area contributed by atoms with E-state index in [2.05, 4.69) is 32.9 Å². The summed E-state index contributed by atoms with van der Waals surface area (Å²) in [6, 6.07) is 4.00. The molecule has 4 nitrogen and oxygen atoms in total. The van der Waals surface area contributed by atoms with E-state index in [-0.39, 0.29) is 0 Å². The number of thiophene rings is 1. The van der Waals surface area contributed by atoms with Crippen LogP contribution < -0.4 is 0 Å². The van der Waals surface area contributed by atoms with Crippen molar-refractivity contribution in [3.63, 3.8) is 0 Å². The van der Waals surface area contributed by atoms with Crippen LogP contribution in [0.5, 0.6) is 0 Å². The maximum atomic E-state index is 12.5. The van der Waals surface area contributed by atoms with Gasteiger partial charge in [-0.3, -0.25) is 4.79 Å². The number of aliphatic hydroxyl groups is 3. The number of Topliss-reactive ketones (excluding diaryl/α,β-unsaturated/α-hetero) is 1. The van der Waals surface area contributed by atoms with Gasteiger partial charge in [0.15, 0.2) is 5.78 Å². The van der Waals surface area contributed by atoms with Crippen LogP contribution >= 0.6 is 11.3 Å². The molecule has 0 aliphatic heterocycles. The molecule has 0 spiro atoms. The van der Waals surface area contributed by atoms with Crippen molar-refractivity contribution in [2.75, 3.05) is 0 Å². The second-order valence-corrected chi connectivity index (χ2v) is 12.7. The van der Waals surface area contributed by atoms with E-state index in [9.17, 15) is 20.1 Å². The van der Waals surface area contributed by atoms with Crippen LogP contribution in [0.25, 0.3) is 0 Å². The number of carbonyl (C=O) groups is 1. The van der Waals surface area contributed by atoms with Crippen LogP contribution in [0, 0.1) is 30.1 Å². The highest BCUT2D eigenvalue weighted by Crippen LogP contribution is 2.59. The van der Waals surface area contributed by atoms with E-state index in [1.807, 2.05) is 12.1 Å². The number of aliphatic hydroxyl groups excluding tert-OH is 3. The SMILES string of the molecule is Cc1ccc(C(=O)CCCC(C)[C@H]2CCC3/C(=C\C=C4C[C@@H](O)C(O)[C@@H](O)C4)CCC[C@@]32C)s1. The molecule has 0 radical (unpaired) electrons. The first-order valence-corrected chi connectivity index (χ1v) is 14.0. The average Bonchev–Trinajstić information content (AvgIpc) is 3.38. The topological polar surface area (TPSA) is 77.8 Å². The van der Waals surface area contributed by atoms with Crippen LogP contribution in [-0.2, 0) is 0 Å². The monoisotopic (exact) mass is 486 g/mol. The lowest BCUT2D eigenvalue weighted by Crippen LogP contribution is -2.41. The normalized spacial score (nSPS) is 37.2. The number of ketones is 1. The molecule has 3 aliphatic carbocycles. The molecule has 3 N–H and O–H groups in total. The number of hydrogen-bond acceptors (Lipinski definition) is 5. The maximum Gasteiger partial charge on any atom is 0.172 e. The number of carbonyl (C=O) groups excluding carboxylic acids is 1. The Morgan fingerprint density at radius 2 is 1.91 bits per heavy atom. The van der Waals surface area contributed by atoms with Crippen LogP contribution in [0.2, 0.25) is 0 Å². The summed E-state index contributed by atoms with van der Waals surface area (Å²) in [7, 11) is 0. The first-order valence-electron chi connectivity index (χ1n) is 13.2. The molecule has 188 valence electrons. The Bertz CT molecular complexity index is 916. The Balaban J connectivity index is 1.36. The quantitative estimate of drug-likeness (QED) is 0.414. The van der Waals surface area contributed by atoms with Crippen LogP contribution in [-0.4, -0.2) is 39.4 Å². The molecule has 34 heavy (non-hydrogen) atoms. The molecule has 3 fully saturated rings. The Labute approximate surface area is 208 Å². The molecule has 4 rings (SSSR count). The number of allylic oxidation sites excluding steroid dienone is 3. The highest BCUT2D eigenvalue weighted by Gasteiger charge is 2.50. The fourth-order valence-corrected chi connectivity index (χ4v) is 8.02. The number of fused-ring (bicyclic) bond motifs is 1. The predicted molar refractivity (Wildman–Crippen MR) is 138 cm³/mol. The molecule has 0 saturated heterocycles. The van der Waals surface area contributed by atoms with Gasteiger partial charge >= 0.3 is 0 Å². The number of rotatable bonds is 7. The average molecular weight is 487 g/mol. The van der Waals surface area contributed by atoms with E-state index in [1.54, 1.807) is 11.3 Å². The molecule has 1 aromatic heterocycles. The van der Waals surface area contributed by atoms with Crippen LogP contribution in [0.3, 0.4) is 0 Å². The second-order valence-electron chi connectivity index (χ2n) is 11.4. The molecule has 1 aromatic rings. The summed E-state index contributed by atoms with van der Waals surface area (Å²) in [6.07, 6.45) is 11.3. The van der Waals surface area contributed by atoms with E-state index < -0.39 is 18.3 Å². The predicted octanol–water partition coefficient (Wildman–Crippen LogP) is 5.99. The van der Waals surface area contributed by atoms with Crippen molar-refractivity contribution >= 4 is 17.1 Å². The molecule has 3 aliphatic rings. The Morgan fingerprint density at radius 1 is 1.18 bits per heavy atom. The highest BCUT2D eigenvalue weighted by atomic mass is 32.1. The summed E-state index contributed by atoms with van der Waals surface area (Å²) in [5.74, 6) is 2.21. The summed E-state index contributed by atoms with van der Waals surface area (Å²) in [4.78, 5) is 14.6. The van der Waals surface area contributed by atoms with Gasteiger partial charge < -0.3 is 15.3 Å². The molecule has 0 aromatic carbocycles. The van der Waals surface area contributed by atoms with Crippen molar-refractivity contribution in [3.05, 3.63) is 45.2 Å². The Morgan fingerprint density at radius 3 is 2.59 bits per heavy atom. The molecule has 0 bridgehead atoms. The molecule has 1 heterocycles. The van der Waals surface area contributed by atoms with Gasteiger partial charge in [-0.05, 0) is 100 Å². The summed E-state index contributed by atoms with van der Waals surface area (Å²) < 4.78 is 0. The van der Waals surface area contributed by atoms with Crippen molar-refractivity contribution in [2.45, 2.75) is 103 Å². The molecular formula is C29H42O4S. The largest absolute Gasteiger partial charge is 0.390 e. The molecule has 5 heteroatoms. The third kappa shape index (κ3) is 5.43. The third-order valence-corrected chi connectivity index (χ3v) is 10.1. The van der Waals surface area contributed by atoms with E-state index in [1.165, 1.54) is 36.1 Å². The molecule has 3 saturated carbocycles. The van der Waals surface area contributed by atoms with Gasteiger partial charge in [0.05, 0.1) is 17.1 Å². The first-order chi connectivity index (χ1) is 16.2. The minimum Gasteiger partial charge on any atom is -0.390 e. The van der Waals surface area contributed by atoms with Gasteiger partial charge in [-0.15, -0.1) is 11.3 Å². The summed E-state index contributed by atoms with van der Waals surface area (Å²) in [5, 5.41) is 29.9. The van der Waals surface area contributed by atoms with E-state index in [0.29, 0.717) is 48.2 Å². The van der Waals surface area contributed by atoms with Crippen molar-refractivity contribution in [3.8, 4) is 0 Å². The van der Waals surface area contributed by atoms with E-state index in [0.717, 1.165) is 29.7 Å². The minimum atomic E-state index is -1.04. The highest BCUT2D eigenvalue weighted by molar-refractivity contribution is 7.14. The van der Waals surface area contributed by atoms with Crippen LogP contribution in [0.1, 0.15) is 92.6 Å². The van der Waals surface area contributed by atoms with Crippen molar-refractivity contribution in [1.82, 2.24) is 0 Å². The molecule has 3 unspecified atom stereocenters. The van der Waals surface area contributed by atoms with E-state index in [4.69, 9.17) is 0 Å². The zero-order valence-electron chi connectivity index (χ0n) is 21.0. The van der Waals surface area contributed by atoms with Crippen LogP contribution in [0.4, 0.5) is 0 Å². The zero-order valence-corrected chi connectivity index (χ0v) is 21.8. The lowest BCUT2D eigenvalue weighted by atomic mass is 9.60. The van der Waals surface area contributed by atoms with Crippen molar-refractivity contribution in [2.24, 2.45) is 23.2 Å². The number of hydrogen-bond donors (Lipinski definition) is 3. The Kier molecular flexibility index (Phi) is 8.18. The second kappa shape index (κ2) is 10.8. The van der Waals surface area contributed by atoms with Gasteiger partial charge in [0.25, 0.3) is 0 Å². The smallest absolute Gasteiger partial charge is 0.172 e. The van der Waals surface area contributed by atoms with Gasteiger partial charge in [0, 0.05) is 11.3 Å². The standard InChI is InChI=1S/C29H42O4S/c1-18(6-4-8-24(30)27-14-9-19(2)34-27)22-12-13-23-21(7-5-15-29(22,23)3)11-10-20-16-25(31)28(33)26(32)17-20/h9-11,14,18,22-23,25-26,28,31-33H,4-8,12-13,15-17H2,1-3H3/b20-10?,21-11-/t18?,22-,23?,25-,26+,28?,29-/m1/s1. The fourth-order valence-electron chi connectivity index (χ4n) is 7.19. The van der Waals surface area contributed by atoms with Gasteiger partial charge in [0.2, 0.25) is 0 Å². The van der Waals surface area contributed by atoms with Gasteiger partial charge in [-0.1, -0.05) is 37.1 Å². The fraction of sp³-hybridized carbons (Fsp3) is 0.690. The van der Waals surface area contributed by atoms with Gasteiger partial charge in [0.1, 0.15) is 6.10 Å². The van der Waals surface area contributed by atoms with E-state index >= 15 is 0 Å². The number of aryl methyl sites for hydroxylation is 1. The molecule has 0 amide bonds. The molecule has 7 atom stereocenters. The summed E-state index contributed by atoms with van der Waals surface area (Å²) in [6.45, 7) is 6.94. The lowest BCUT2D eigenvalue weighted by molar-refractivity contribution is -0.0713. The zero-order chi connectivity index (χ0) is 24.5. The van der Waals surface area contributed by atoms with Crippen molar-refractivity contribution in [1.29, 1.82) is 0 Å². The summed E-state index contributed by atoms with van der Waals surface area (Å²) >= 11 is 1.61. The maximum absolute atomic E-state index is 12.5. The lowest BCUT2D eigenvalue weighted by Gasteiger charge is -2.44. The minimum absolute atomic E-state index is 0.294. The summed E-state index contributed by atoms with van der Waals surface area (Å²) in [5.41, 5.74) is 2.87. The third-order valence-electron chi connectivity index (χ3n) is 9.07. The molecular weight excluding hydrogens is 444 g/mol. The van der Waals surface area contributed by atoms with Gasteiger partial charge in [-0.25, -0.2) is 0 Å². The first kappa shape index (κ1) is 25.8.